The molecule has 0 spiro atoms. The van der Waals surface area contributed by atoms with Crippen molar-refractivity contribution < 1.29 is 9.84 Å². The Morgan fingerprint density at radius 2 is 2.11 bits per heavy atom. The van der Waals surface area contributed by atoms with E-state index < -0.39 is 0 Å². The maximum absolute atomic E-state index is 9.72. The Labute approximate surface area is 120 Å². The lowest BCUT2D eigenvalue weighted by Crippen LogP contribution is -2.12. The van der Waals surface area contributed by atoms with E-state index in [-0.39, 0.29) is 5.75 Å². The molecule has 19 heavy (non-hydrogen) atoms. The van der Waals surface area contributed by atoms with Crippen molar-refractivity contribution in [2.75, 3.05) is 7.11 Å². The number of rotatable bonds is 5. The van der Waals surface area contributed by atoms with Gasteiger partial charge in [-0.25, -0.2) is 0 Å². The molecular formula is C13H16BrN3O2. The molecule has 0 saturated carbocycles. The average Bonchev–Trinajstić information content (AvgIpc) is 2.79. The van der Waals surface area contributed by atoms with E-state index in [0.29, 0.717) is 16.8 Å². The van der Waals surface area contributed by atoms with Crippen LogP contribution in [0, 0.1) is 0 Å². The summed E-state index contributed by atoms with van der Waals surface area (Å²) in [7, 11) is 3.43. The number of hydrogen-bond acceptors (Lipinski definition) is 4. The summed E-state index contributed by atoms with van der Waals surface area (Å²) in [5, 5.41) is 17.2. The van der Waals surface area contributed by atoms with E-state index in [1.807, 2.05) is 31.6 Å². The van der Waals surface area contributed by atoms with E-state index in [0.717, 1.165) is 17.7 Å². The fraction of sp³-hybridized carbons (Fsp3) is 0.308. The summed E-state index contributed by atoms with van der Waals surface area (Å²) in [6.45, 7) is 1.43. The molecule has 2 rings (SSSR count). The van der Waals surface area contributed by atoms with Crippen LogP contribution >= 0.6 is 15.9 Å². The molecular weight excluding hydrogens is 310 g/mol. The zero-order chi connectivity index (χ0) is 13.8. The first-order valence-electron chi connectivity index (χ1n) is 5.83. The number of benzene rings is 1. The number of phenols is 1. The van der Waals surface area contributed by atoms with E-state index in [1.165, 1.54) is 7.11 Å². The molecule has 6 heteroatoms. The normalized spacial score (nSPS) is 10.7. The third-order valence-corrected chi connectivity index (χ3v) is 3.33. The van der Waals surface area contributed by atoms with Crippen LogP contribution in [0.2, 0.25) is 0 Å². The topological polar surface area (TPSA) is 59.3 Å². The van der Waals surface area contributed by atoms with Crippen molar-refractivity contribution in [2.45, 2.75) is 13.1 Å². The van der Waals surface area contributed by atoms with Crippen molar-refractivity contribution in [2.24, 2.45) is 7.05 Å². The summed E-state index contributed by atoms with van der Waals surface area (Å²) in [6, 6.07) is 3.68. The molecule has 2 aromatic rings. The molecule has 0 amide bonds. The molecule has 1 aromatic heterocycles. The summed E-state index contributed by atoms with van der Waals surface area (Å²) in [5.41, 5.74) is 2.16. The van der Waals surface area contributed by atoms with Gasteiger partial charge in [-0.2, -0.15) is 5.10 Å². The molecule has 0 atom stereocenters. The highest BCUT2D eigenvalue weighted by Gasteiger charge is 2.08. The minimum atomic E-state index is 0.124. The van der Waals surface area contributed by atoms with Gasteiger partial charge in [-0.15, -0.1) is 0 Å². The van der Waals surface area contributed by atoms with Crippen LogP contribution < -0.4 is 10.1 Å². The minimum Gasteiger partial charge on any atom is -0.503 e. The maximum Gasteiger partial charge on any atom is 0.172 e. The van der Waals surface area contributed by atoms with Gasteiger partial charge in [0.15, 0.2) is 11.5 Å². The lowest BCUT2D eigenvalue weighted by atomic mass is 10.2. The van der Waals surface area contributed by atoms with Crippen LogP contribution in [0.25, 0.3) is 0 Å². The van der Waals surface area contributed by atoms with E-state index >= 15 is 0 Å². The highest BCUT2D eigenvalue weighted by Crippen LogP contribution is 2.35. The van der Waals surface area contributed by atoms with Crippen LogP contribution in [0.3, 0.4) is 0 Å². The van der Waals surface area contributed by atoms with E-state index in [2.05, 4.69) is 26.3 Å². The Balaban J connectivity index is 1.98. The van der Waals surface area contributed by atoms with Crippen LogP contribution in [-0.2, 0) is 20.1 Å². The number of phenolic OH excluding ortho intramolecular Hbond substituents is 1. The second-order valence-corrected chi connectivity index (χ2v) is 5.11. The smallest absolute Gasteiger partial charge is 0.172 e. The summed E-state index contributed by atoms with van der Waals surface area (Å²) in [6.07, 6.45) is 3.81. The first kappa shape index (κ1) is 13.9. The first-order chi connectivity index (χ1) is 9.10. The zero-order valence-corrected chi connectivity index (χ0v) is 12.4. The number of halogens is 1. The number of aromatic hydroxyl groups is 1. The summed E-state index contributed by atoms with van der Waals surface area (Å²) < 4.78 is 7.52. The van der Waals surface area contributed by atoms with Crippen molar-refractivity contribution in [1.82, 2.24) is 15.1 Å². The van der Waals surface area contributed by atoms with Crippen LogP contribution in [-0.4, -0.2) is 22.0 Å². The average molecular weight is 326 g/mol. The first-order valence-corrected chi connectivity index (χ1v) is 6.63. The number of hydrogen-bond donors (Lipinski definition) is 2. The second kappa shape index (κ2) is 6.08. The molecule has 1 aromatic carbocycles. The van der Waals surface area contributed by atoms with Crippen molar-refractivity contribution in [3.63, 3.8) is 0 Å². The Bertz CT molecular complexity index is 569. The van der Waals surface area contributed by atoms with Crippen molar-refractivity contribution in [3.05, 3.63) is 40.1 Å². The molecule has 0 bridgehead atoms. The number of methoxy groups -OCH3 is 1. The van der Waals surface area contributed by atoms with Crippen molar-refractivity contribution in [3.8, 4) is 11.5 Å². The standard InChI is InChI=1S/C13H16BrN3O2/c1-17-8-10(7-16-17)6-15-5-9-3-11(14)13(18)12(4-9)19-2/h3-4,7-8,15,18H,5-6H2,1-2H3. The lowest BCUT2D eigenvalue weighted by molar-refractivity contribution is 0.371. The van der Waals surface area contributed by atoms with Gasteiger partial charge in [0.2, 0.25) is 0 Å². The highest BCUT2D eigenvalue weighted by atomic mass is 79.9. The molecule has 0 aliphatic carbocycles. The van der Waals surface area contributed by atoms with Gasteiger partial charge in [-0.1, -0.05) is 0 Å². The summed E-state index contributed by atoms with van der Waals surface area (Å²) >= 11 is 3.31. The van der Waals surface area contributed by atoms with Gasteiger partial charge in [0, 0.05) is 31.9 Å². The molecule has 0 fully saturated rings. The Morgan fingerprint density at radius 1 is 1.37 bits per heavy atom. The third-order valence-electron chi connectivity index (χ3n) is 2.72. The number of nitrogens with zero attached hydrogens (tertiary/aromatic N) is 2. The molecule has 2 N–H and O–H groups in total. The maximum atomic E-state index is 9.72. The minimum absolute atomic E-state index is 0.124. The number of aryl methyl sites for hydroxylation is 1. The second-order valence-electron chi connectivity index (χ2n) is 4.25. The van der Waals surface area contributed by atoms with Gasteiger partial charge in [0.1, 0.15) is 0 Å². The molecule has 5 nitrogen and oxygen atoms in total. The van der Waals surface area contributed by atoms with Gasteiger partial charge in [-0.05, 0) is 33.6 Å². The number of ether oxygens (including phenoxy) is 1. The van der Waals surface area contributed by atoms with Gasteiger partial charge in [-0.3, -0.25) is 4.68 Å². The largest absolute Gasteiger partial charge is 0.503 e. The van der Waals surface area contributed by atoms with Gasteiger partial charge < -0.3 is 15.2 Å². The fourth-order valence-electron chi connectivity index (χ4n) is 1.80. The number of aromatic nitrogens is 2. The van der Waals surface area contributed by atoms with E-state index in [9.17, 15) is 5.11 Å². The fourth-order valence-corrected chi connectivity index (χ4v) is 2.29. The third kappa shape index (κ3) is 3.48. The van der Waals surface area contributed by atoms with Crippen LogP contribution in [0.1, 0.15) is 11.1 Å². The van der Waals surface area contributed by atoms with Crippen LogP contribution in [0.15, 0.2) is 29.0 Å². The SMILES string of the molecule is COc1cc(CNCc2cnn(C)c2)cc(Br)c1O. The Hall–Kier alpha value is -1.53. The Kier molecular flexibility index (Phi) is 4.44. The lowest BCUT2D eigenvalue weighted by Gasteiger charge is -2.09. The quantitative estimate of drug-likeness (QED) is 0.884. The monoisotopic (exact) mass is 325 g/mol. The zero-order valence-electron chi connectivity index (χ0n) is 10.9. The van der Waals surface area contributed by atoms with Crippen molar-refractivity contribution in [1.29, 1.82) is 0 Å². The predicted octanol–water partition coefficient (Wildman–Crippen LogP) is 2.19. The predicted molar refractivity (Wildman–Crippen MR) is 76.1 cm³/mol. The highest BCUT2D eigenvalue weighted by molar-refractivity contribution is 9.10. The summed E-state index contributed by atoms with van der Waals surface area (Å²) in [5.74, 6) is 0.589. The number of nitrogens with one attached hydrogen (secondary N) is 1. The van der Waals surface area contributed by atoms with Gasteiger partial charge >= 0.3 is 0 Å². The Morgan fingerprint density at radius 3 is 2.74 bits per heavy atom. The van der Waals surface area contributed by atoms with Gasteiger partial charge in [0.05, 0.1) is 17.8 Å². The molecule has 0 aliphatic rings. The molecule has 1 heterocycles. The van der Waals surface area contributed by atoms with E-state index in [1.54, 1.807) is 4.68 Å². The van der Waals surface area contributed by atoms with Gasteiger partial charge in [0.25, 0.3) is 0 Å². The molecule has 0 saturated heterocycles. The molecule has 0 unspecified atom stereocenters. The van der Waals surface area contributed by atoms with Crippen LogP contribution in [0.4, 0.5) is 0 Å². The molecule has 102 valence electrons. The molecule has 0 aliphatic heterocycles. The molecule has 0 radical (unpaired) electrons. The van der Waals surface area contributed by atoms with Crippen molar-refractivity contribution >= 4 is 15.9 Å². The van der Waals surface area contributed by atoms with E-state index in [4.69, 9.17) is 4.74 Å². The summed E-state index contributed by atoms with van der Waals surface area (Å²) in [4.78, 5) is 0. The van der Waals surface area contributed by atoms with Crippen LogP contribution in [0.5, 0.6) is 11.5 Å².